The Morgan fingerprint density at radius 2 is 1.70 bits per heavy atom. The van der Waals surface area contributed by atoms with E-state index in [9.17, 15) is 18.4 Å². The highest BCUT2D eigenvalue weighted by atomic mass is 19.1. The van der Waals surface area contributed by atoms with Crippen LogP contribution >= 0.6 is 0 Å². The Morgan fingerprint density at radius 3 is 2.26 bits per heavy atom. The first-order valence-corrected chi connectivity index (χ1v) is 16.3. The number of hydrogen-bond acceptors (Lipinski definition) is 7. The molecule has 1 unspecified atom stereocenters. The molecule has 1 atom stereocenters. The van der Waals surface area contributed by atoms with Crippen LogP contribution in [0.5, 0.6) is 5.75 Å². The highest BCUT2D eigenvalue weighted by Crippen LogP contribution is 2.47. The van der Waals surface area contributed by atoms with E-state index >= 15 is 0 Å². The lowest BCUT2D eigenvalue weighted by Crippen LogP contribution is -2.21. The van der Waals surface area contributed by atoms with Gasteiger partial charge in [-0.3, -0.25) is 14.8 Å². The Labute approximate surface area is 279 Å². The van der Waals surface area contributed by atoms with Gasteiger partial charge in [-0.05, 0) is 93.6 Å². The van der Waals surface area contributed by atoms with Gasteiger partial charge in [0.05, 0.1) is 23.9 Å². The van der Waals surface area contributed by atoms with Gasteiger partial charge in [0.2, 0.25) is 6.41 Å². The number of benzene rings is 2. The van der Waals surface area contributed by atoms with Crippen molar-refractivity contribution in [3.05, 3.63) is 76.0 Å². The summed E-state index contributed by atoms with van der Waals surface area (Å²) in [5.74, 6) is -0.634. The topological polar surface area (TPSA) is 133 Å². The molecule has 0 saturated heterocycles. The Hall–Kier alpha value is -4.18. The molecule has 0 radical (unpaired) electrons. The van der Waals surface area contributed by atoms with Crippen molar-refractivity contribution >= 4 is 24.6 Å². The number of nitrogens with two attached hydrogens (primary N) is 2. The van der Waals surface area contributed by atoms with Gasteiger partial charge < -0.3 is 26.3 Å². The number of hydrogen-bond donors (Lipinski definition) is 3. The monoisotopic (exact) mass is 653 g/mol. The van der Waals surface area contributed by atoms with Gasteiger partial charge in [-0.25, -0.2) is 8.78 Å². The number of amides is 1. The molecule has 4 rings (SSSR count). The molecular formula is C37H53F2N5O3. The molecule has 2 aromatic carbocycles. The molecule has 1 aromatic heterocycles. The van der Waals surface area contributed by atoms with E-state index in [1.54, 1.807) is 20.1 Å². The molecule has 0 aliphatic heterocycles. The molecular weight excluding hydrogens is 600 g/mol. The number of aromatic nitrogens is 1. The number of rotatable bonds is 13. The number of halogens is 2. The number of carbonyl (C=O) groups excluding carboxylic acids is 2. The zero-order valence-corrected chi connectivity index (χ0v) is 29.3. The number of aliphatic imine (C=N–C) groups is 1. The second-order valence-corrected chi connectivity index (χ2v) is 11.0. The van der Waals surface area contributed by atoms with Gasteiger partial charge in [-0.1, -0.05) is 34.1 Å². The summed E-state index contributed by atoms with van der Waals surface area (Å²) in [6.45, 7) is 13.0. The molecule has 1 amide bonds. The van der Waals surface area contributed by atoms with Gasteiger partial charge in [-0.2, -0.15) is 0 Å². The molecule has 1 heterocycles. The van der Waals surface area contributed by atoms with Crippen LogP contribution in [0, 0.1) is 25.5 Å². The third kappa shape index (κ3) is 11.5. The van der Waals surface area contributed by atoms with E-state index in [-0.39, 0.29) is 11.5 Å². The van der Waals surface area contributed by atoms with Gasteiger partial charge in [0.25, 0.3) is 0 Å². The highest BCUT2D eigenvalue weighted by Gasteiger charge is 2.45. The fourth-order valence-electron chi connectivity index (χ4n) is 4.90. The van der Waals surface area contributed by atoms with Crippen molar-refractivity contribution in [2.75, 3.05) is 33.0 Å². The van der Waals surface area contributed by atoms with Gasteiger partial charge in [0.15, 0.2) is 0 Å². The van der Waals surface area contributed by atoms with Crippen LogP contribution in [0.4, 0.5) is 14.5 Å². The van der Waals surface area contributed by atoms with Crippen molar-refractivity contribution in [1.82, 2.24) is 10.3 Å². The summed E-state index contributed by atoms with van der Waals surface area (Å²) in [6, 6.07) is 9.87. The molecule has 10 heteroatoms. The quantitative estimate of drug-likeness (QED) is 0.101. The van der Waals surface area contributed by atoms with Crippen molar-refractivity contribution in [2.24, 2.45) is 10.7 Å². The van der Waals surface area contributed by atoms with Crippen LogP contribution in [-0.4, -0.2) is 51.1 Å². The molecule has 1 fully saturated rings. The number of aryl methyl sites for hydroxylation is 2. The van der Waals surface area contributed by atoms with Crippen LogP contribution in [0.2, 0.25) is 0 Å². The molecule has 47 heavy (non-hydrogen) atoms. The molecule has 0 spiro atoms. The van der Waals surface area contributed by atoms with Crippen LogP contribution < -0.4 is 21.5 Å². The van der Waals surface area contributed by atoms with Crippen molar-refractivity contribution in [3.8, 4) is 17.0 Å². The number of aldehydes is 1. The third-order valence-electron chi connectivity index (χ3n) is 7.58. The molecule has 8 nitrogen and oxygen atoms in total. The summed E-state index contributed by atoms with van der Waals surface area (Å²) in [5.41, 5.74) is 15.0. The van der Waals surface area contributed by atoms with E-state index in [0.717, 1.165) is 67.7 Å². The number of nitrogen functional groups attached to an aromatic ring is 1. The predicted molar refractivity (Wildman–Crippen MR) is 189 cm³/mol. The van der Waals surface area contributed by atoms with Gasteiger partial charge in [-0.15, -0.1) is 0 Å². The zero-order chi connectivity index (χ0) is 35.6. The lowest BCUT2D eigenvalue weighted by Gasteiger charge is -2.19. The van der Waals surface area contributed by atoms with E-state index in [4.69, 9.17) is 10.5 Å². The maximum atomic E-state index is 14.5. The van der Waals surface area contributed by atoms with Crippen molar-refractivity contribution < 1.29 is 23.1 Å². The molecule has 258 valence electrons. The normalized spacial score (nSPS) is 13.1. The molecule has 1 aliphatic carbocycles. The summed E-state index contributed by atoms with van der Waals surface area (Å²) < 4.78 is 33.4. The second kappa shape index (κ2) is 20.8. The minimum absolute atomic E-state index is 0.0547. The molecule has 0 bridgehead atoms. The fourth-order valence-corrected chi connectivity index (χ4v) is 4.90. The summed E-state index contributed by atoms with van der Waals surface area (Å²) in [5, 5.41) is 2.69. The number of anilines is 1. The fraction of sp³-hybridized carbons (Fsp3) is 0.459. The minimum atomic E-state index is -0.687. The standard InChI is InChI=1S/C22H24F2N2O2.C12H18N2O.C2H6.CH5N/c1-3-4-15(11-25-13-28)20-8-16(22(12-27)5-6-22)9-21(26-20)17-7-14(2)18(23)10-19(17)24;1-4-5-14-8-10-6-9(2)7-11(15-3)12(10)13;2*1-2/h7-10,12-13,15H,3-6,11H2,1-2H3,(H,25,28);6-8H,4-5,13H2,1-3H3;1-2H3;2H2,1H3. The number of methoxy groups -OCH3 is 1. The summed E-state index contributed by atoms with van der Waals surface area (Å²) in [4.78, 5) is 31.4. The SMILES string of the molecule is CC.CCCC(CNC=O)c1cc(C2(C=O)CC2)cc(-c2cc(C)c(F)cc2F)n1.CCCN=Cc1cc(C)cc(OC)c1N.CN. The van der Waals surface area contributed by atoms with Gasteiger partial charge in [0, 0.05) is 48.1 Å². The highest BCUT2D eigenvalue weighted by molar-refractivity contribution is 5.89. The van der Waals surface area contributed by atoms with E-state index in [0.29, 0.717) is 41.3 Å². The van der Waals surface area contributed by atoms with E-state index in [1.807, 2.05) is 52.1 Å². The van der Waals surface area contributed by atoms with Crippen LogP contribution in [0.3, 0.4) is 0 Å². The first-order chi connectivity index (χ1) is 22.6. The lowest BCUT2D eigenvalue weighted by atomic mass is 9.91. The number of pyridine rings is 1. The Bertz CT molecular complexity index is 1460. The Balaban J connectivity index is 0.000000492. The van der Waals surface area contributed by atoms with Crippen molar-refractivity contribution in [1.29, 1.82) is 0 Å². The van der Waals surface area contributed by atoms with E-state index < -0.39 is 17.0 Å². The lowest BCUT2D eigenvalue weighted by molar-refractivity contribution is -0.110. The molecule has 5 N–H and O–H groups in total. The first-order valence-electron chi connectivity index (χ1n) is 16.3. The average molecular weight is 654 g/mol. The molecule has 1 aliphatic rings. The molecule has 1 saturated carbocycles. The van der Waals surface area contributed by atoms with Crippen LogP contribution in [0.1, 0.15) is 93.7 Å². The van der Waals surface area contributed by atoms with Gasteiger partial charge in [0.1, 0.15) is 23.7 Å². The Kier molecular flexibility index (Phi) is 18.1. The van der Waals surface area contributed by atoms with E-state index in [1.165, 1.54) is 13.1 Å². The second-order valence-electron chi connectivity index (χ2n) is 11.0. The molecule has 3 aromatic rings. The van der Waals surface area contributed by atoms with Crippen molar-refractivity contribution in [2.45, 2.75) is 85.0 Å². The summed E-state index contributed by atoms with van der Waals surface area (Å²) in [7, 11) is 3.12. The third-order valence-corrected chi connectivity index (χ3v) is 7.58. The average Bonchev–Trinajstić information content (AvgIpc) is 3.90. The first kappa shape index (κ1) is 40.8. The minimum Gasteiger partial charge on any atom is -0.495 e. The number of nitrogens with one attached hydrogen (secondary N) is 1. The summed E-state index contributed by atoms with van der Waals surface area (Å²) in [6.07, 6.45) is 7.61. The number of carbonyl (C=O) groups is 2. The van der Waals surface area contributed by atoms with Crippen molar-refractivity contribution in [3.63, 3.8) is 0 Å². The number of nitrogens with zero attached hydrogens (tertiary/aromatic N) is 2. The van der Waals surface area contributed by atoms with Crippen LogP contribution in [0.25, 0.3) is 11.3 Å². The Morgan fingerprint density at radius 1 is 1.02 bits per heavy atom. The smallest absolute Gasteiger partial charge is 0.207 e. The van der Waals surface area contributed by atoms with Gasteiger partial charge >= 0.3 is 0 Å². The maximum absolute atomic E-state index is 14.5. The summed E-state index contributed by atoms with van der Waals surface area (Å²) >= 11 is 0. The maximum Gasteiger partial charge on any atom is 0.207 e. The predicted octanol–water partition coefficient (Wildman–Crippen LogP) is 7.21. The zero-order valence-electron chi connectivity index (χ0n) is 29.3. The van der Waals surface area contributed by atoms with E-state index in [2.05, 4.69) is 28.0 Å². The van der Waals surface area contributed by atoms with Crippen LogP contribution in [0.15, 0.2) is 41.4 Å². The largest absolute Gasteiger partial charge is 0.495 e. The van der Waals surface area contributed by atoms with Crippen LogP contribution in [-0.2, 0) is 15.0 Å². The number of ether oxygens (including phenoxy) is 1.